The van der Waals surface area contributed by atoms with E-state index in [1.165, 1.54) is 6.20 Å². The third-order valence-electron chi connectivity index (χ3n) is 3.99. The second-order valence-corrected chi connectivity index (χ2v) is 7.82. The van der Waals surface area contributed by atoms with Crippen LogP contribution >= 0.6 is 39.1 Å². The van der Waals surface area contributed by atoms with Crippen LogP contribution in [0.2, 0.25) is 10.0 Å². The van der Waals surface area contributed by atoms with Crippen LogP contribution in [0.3, 0.4) is 0 Å². The van der Waals surface area contributed by atoms with Gasteiger partial charge in [0.05, 0.1) is 10.6 Å². The van der Waals surface area contributed by atoms with E-state index >= 15 is 0 Å². The molecule has 0 atom stereocenters. The third kappa shape index (κ3) is 4.19. The van der Waals surface area contributed by atoms with Crippen LogP contribution in [-0.2, 0) is 6.42 Å². The highest BCUT2D eigenvalue weighted by atomic mass is 79.9. The molecule has 0 radical (unpaired) electrons. The number of aromatic nitrogens is 2. The van der Waals surface area contributed by atoms with Crippen LogP contribution < -0.4 is 5.32 Å². The second kappa shape index (κ2) is 7.91. The minimum atomic E-state index is -0.230. The number of rotatable bonds is 4. The minimum absolute atomic E-state index is 0.230. The van der Waals surface area contributed by atoms with E-state index in [1.807, 2.05) is 24.3 Å². The maximum atomic E-state index is 12.3. The first kappa shape index (κ1) is 18.9. The number of amides is 1. The summed E-state index contributed by atoms with van der Waals surface area (Å²) < 4.78 is 6.48. The predicted molar refractivity (Wildman–Crippen MR) is 113 cm³/mol. The number of nitrogens with zero attached hydrogens (tertiary/aromatic N) is 2. The zero-order chi connectivity index (χ0) is 19.7. The van der Waals surface area contributed by atoms with Crippen LogP contribution in [0.15, 0.2) is 63.7 Å². The van der Waals surface area contributed by atoms with Crippen molar-refractivity contribution >= 4 is 61.8 Å². The van der Waals surface area contributed by atoms with E-state index in [1.54, 1.807) is 24.4 Å². The van der Waals surface area contributed by atoms with Gasteiger partial charge in [-0.2, -0.15) is 0 Å². The van der Waals surface area contributed by atoms with Crippen molar-refractivity contribution in [3.8, 4) is 0 Å². The van der Waals surface area contributed by atoms with Crippen molar-refractivity contribution in [3.05, 3.63) is 86.4 Å². The summed E-state index contributed by atoms with van der Waals surface area (Å²) in [5.41, 5.74) is 3.28. The van der Waals surface area contributed by atoms with Crippen molar-refractivity contribution in [2.45, 2.75) is 6.42 Å². The van der Waals surface area contributed by atoms with Crippen LogP contribution in [0.4, 0.5) is 5.69 Å². The molecule has 8 heteroatoms. The second-order valence-electron chi connectivity index (χ2n) is 6.06. The van der Waals surface area contributed by atoms with Gasteiger partial charge in [0.2, 0.25) is 0 Å². The molecule has 4 rings (SSSR count). The molecular weight excluding hydrogens is 465 g/mol. The fourth-order valence-electron chi connectivity index (χ4n) is 2.70. The smallest absolute Gasteiger partial charge is 0.257 e. The number of benzene rings is 2. The lowest BCUT2D eigenvalue weighted by atomic mass is 10.1. The topological polar surface area (TPSA) is 68.0 Å². The van der Waals surface area contributed by atoms with Crippen LogP contribution in [0, 0.1) is 0 Å². The average Bonchev–Trinajstić information content (AvgIpc) is 3.06. The number of carbonyl (C=O) groups is 1. The first-order chi connectivity index (χ1) is 13.5. The molecular formula is C20H12BrCl2N3O2. The SMILES string of the molecule is O=C(Nc1ccc(Cc2nc3cc(Cl)cc(Cl)c3o2)cc1)c1cncc(Br)c1. The standard InChI is InChI=1S/C20H12BrCl2N3O2/c21-13-6-12(9-24-10-13)20(27)25-15-3-1-11(2-4-15)5-18-26-17-8-14(22)7-16(23)19(17)28-18/h1-4,6-10H,5H2,(H,25,27). The first-order valence-electron chi connectivity index (χ1n) is 8.23. The van der Waals surface area contributed by atoms with Gasteiger partial charge < -0.3 is 9.73 Å². The number of anilines is 1. The molecule has 140 valence electrons. The quantitative estimate of drug-likeness (QED) is 0.384. The van der Waals surface area contributed by atoms with Crippen molar-refractivity contribution in [1.29, 1.82) is 0 Å². The van der Waals surface area contributed by atoms with Gasteiger partial charge in [0.15, 0.2) is 11.5 Å². The van der Waals surface area contributed by atoms with Gasteiger partial charge in [0.1, 0.15) is 5.52 Å². The molecule has 0 saturated heterocycles. The Morgan fingerprint density at radius 1 is 1.11 bits per heavy atom. The molecule has 0 saturated carbocycles. The number of hydrogen-bond acceptors (Lipinski definition) is 4. The Labute approximate surface area is 178 Å². The number of nitrogens with one attached hydrogen (secondary N) is 1. The molecule has 5 nitrogen and oxygen atoms in total. The summed E-state index contributed by atoms with van der Waals surface area (Å²) in [6.07, 6.45) is 3.63. The van der Waals surface area contributed by atoms with Crippen molar-refractivity contribution in [1.82, 2.24) is 9.97 Å². The Morgan fingerprint density at radius 3 is 2.64 bits per heavy atom. The van der Waals surface area contributed by atoms with E-state index in [-0.39, 0.29) is 5.91 Å². The van der Waals surface area contributed by atoms with Crippen LogP contribution in [0.5, 0.6) is 0 Å². The zero-order valence-electron chi connectivity index (χ0n) is 14.2. The zero-order valence-corrected chi connectivity index (χ0v) is 17.3. The maximum absolute atomic E-state index is 12.3. The Kier molecular flexibility index (Phi) is 5.35. The first-order valence-corrected chi connectivity index (χ1v) is 9.78. The number of carbonyl (C=O) groups excluding carboxylic acids is 1. The summed E-state index contributed by atoms with van der Waals surface area (Å²) in [5, 5.41) is 3.78. The monoisotopic (exact) mass is 475 g/mol. The van der Waals surface area contributed by atoms with Crippen molar-refractivity contribution in [3.63, 3.8) is 0 Å². The van der Waals surface area contributed by atoms with Crippen molar-refractivity contribution in [2.24, 2.45) is 0 Å². The highest BCUT2D eigenvalue weighted by Crippen LogP contribution is 2.29. The highest BCUT2D eigenvalue weighted by molar-refractivity contribution is 9.10. The predicted octanol–water partition coefficient (Wildman–Crippen LogP) is 6.14. The molecule has 0 unspecified atom stereocenters. The van der Waals surface area contributed by atoms with Crippen LogP contribution in [0.25, 0.3) is 11.1 Å². The molecule has 0 bridgehead atoms. The number of oxazole rings is 1. The Morgan fingerprint density at radius 2 is 1.89 bits per heavy atom. The fourth-order valence-corrected chi connectivity index (χ4v) is 3.59. The van der Waals surface area contributed by atoms with Gasteiger partial charge in [-0.05, 0) is 51.8 Å². The van der Waals surface area contributed by atoms with Crippen LogP contribution in [-0.4, -0.2) is 15.9 Å². The highest BCUT2D eigenvalue weighted by Gasteiger charge is 2.12. The molecule has 0 aliphatic rings. The van der Waals surface area contributed by atoms with E-state index in [2.05, 4.69) is 31.2 Å². The maximum Gasteiger partial charge on any atom is 0.257 e. The summed E-state index contributed by atoms with van der Waals surface area (Å²) in [6, 6.07) is 12.5. The number of halogens is 3. The molecule has 0 fully saturated rings. The summed E-state index contributed by atoms with van der Waals surface area (Å²) in [4.78, 5) is 20.7. The van der Waals surface area contributed by atoms with Gasteiger partial charge in [-0.3, -0.25) is 9.78 Å². The van der Waals surface area contributed by atoms with E-state index in [0.29, 0.717) is 44.7 Å². The van der Waals surface area contributed by atoms with Gasteiger partial charge in [0, 0.05) is 34.0 Å². The number of pyridine rings is 1. The normalized spacial score (nSPS) is 11.0. The van der Waals surface area contributed by atoms with Gasteiger partial charge >= 0.3 is 0 Å². The number of hydrogen-bond donors (Lipinski definition) is 1. The van der Waals surface area contributed by atoms with E-state index < -0.39 is 0 Å². The molecule has 0 aliphatic heterocycles. The summed E-state index contributed by atoms with van der Waals surface area (Å²) in [5.74, 6) is 0.309. The molecule has 2 aromatic carbocycles. The number of fused-ring (bicyclic) bond motifs is 1. The lowest BCUT2D eigenvalue weighted by Gasteiger charge is -2.06. The van der Waals surface area contributed by atoms with E-state index in [4.69, 9.17) is 27.6 Å². The van der Waals surface area contributed by atoms with E-state index in [0.717, 1.165) is 10.0 Å². The molecule has 28 heavy (non-hydrogen) atoms. The molecule has 1 amide bonds. The van der Waals surface area contributed by atoms with Gasteiger partial charge in [-0.15, -0.1) is 0 Å². The molecule has 0 spiro atoms. The minimum Gasteiger partial charge on any atom is -0.439 e. The summed E-state index contributed by atoms with van der Waals surface area (Å²) in [6.45, 7) is 0. The largest absolute Gasteiger partial charge is 0.439 e. The molecule has 2 aromatic heterocycles. The summed E-state index contributed by atoms with van der Waals surface area (Å²) >= 11 is 15.4. The van der Waals surface area contributed by atoms with Crippen LogP contribution in [0.1, 0.15) is 21.8 Å². The van der Waals surface area contributed by atoms with Gasteiger partial charge in [-0.25, -0.2) is 4.98 Å². The van der Waals surface area contributed by atoms with Crippen molar-refractivity contribution in [2.75, 3.05) is 5.32 Å². The summed E-state index contributed by atoms with van der Waals surface area (Å²) in [7, 11) is 0. The van der Waals surface area contributed by atoms with E-state index in [9.17, 15) is 4.79 Å². The lowest BCUT2D eigenvalue weighted by molar-refractivity contribution is 0.102. The molecule has 0 aliphatic carbocycles. The molecule has 1 N–H and O–H groups in total. The third-order valence-corrected chi connectivity index (χ3v) is 4.92. The van der Waals surface area contributed by atoms with Gasteiger partial charge in [0.25, 0.3) is 5.91 Å². The Bertz CT molecular complexity index is 1180. The fraction of sp³-hybridized carbons (Fsp3) is 0.0500. The molecule has 2 heterocycles. The average molecular weight is 477 g/mol. The molecule has 4 aromatic rings. The van der Waals surface area contributed by atoms with Crippen molar-refractivity contribution < 1.29 is 9.21 Å². The van der Waals surface area contributed by atoms with Gasteiger partial charge in [-0.1, -0.05) is 35.3 Å². The lowest BCUT2D eigenvalue weighted by Crippen LogP contribution is -2.12. The Hall–Kier alpha value is -2.41. The Balaban J connectivity index is 1.47.